The van der Waals surface area contributed by atoms with Crippen LogP contribution in [0.15, 0.2) is 36.5 Å². The number of ether oxygens (including phenoxy) is 1. The minimum atomic E-state index is -4.83. The van der Waals surface area contributed by atoms with Crippen LogP contribution in [0.1, 0.15) is 12.0 Å². The molecule has 12 heteroatoms. The van der Waals surface area contributed by atoms with Crippen LogP contribution < -0.4 is 10.1 Å². The van der Waals surface area contributed by atoms with Crippen molar-refractivity contribution in [2.75, 3.05) is 25.5 Å². The lowest BCUT2D eigenvalue weighted by atomic mass is 10.0. The molecule has 1 saturated heterocycles. The van der Waals surface area contributed by atoms with Gasteiger partial charge in [-0.3, -0.25) is 4.40 Å². The minimum absolute atomic E-state index is 0.0581. The molecule has 2 N–H and O–H groups in total. The van der Waals surface area contributed by atoms with Crippen molar-refractivity contribution in [1.29, 1.82) is 0 Å². The molecule has 1 fully saturated rings. The van der Waals surface area contributed by atoms with Crippen molar-refractivity contribution in [3.8, 4) is 17.0 Å². The van der Waals surface area contributed by atoms with Crippen LogP contribution in [0.4, 0.5) is 27.9 Å². The second-order valence-electron chi connectivity index (χ2n) is 7.67. The first-order valence-electron chi connectivity index (χ1n) is 9.75. The Morgan fingerprint density at radius 2 is 1.97 bits per heavy atom. The van der Waals surface area contributed by atoms with Crippen LogP contribution in [0, 0.1) is 0 Å². The Balaban J connectivity index is 1.73. The van der Waals surface area contributed by atoms with E-state index in [1.807, 2.05) is 11.9 Å². The summed E-state index contributed by atoms with van der Waals surface area (Å²) in [4.78, 5) is 1.96. The average Bonchev–Trinajstić information content (AvgIpc) is 3.17. The standard InChI is InChI=1S/C20H20F5N5O2/c1-29-9-11(7-12(31)10-29)26-19-28-27-17(16-3-2-6-30(16)19)14-5-4-13(32-18(21)22)8-15(14)20(23,24)25/h2-6,8,11-12,18,31H,7,9-10H2,1H3,(H,26,28)/t11?,12-/m1/s1. The fourth-order valence-corrected chi connectivity index (χ4v) is 3.96. The second-order valence-corrected chi connectivity index (χ2v) is 7.67. The van der Waals surface area contributed by atoms with E-state index in [4.69, 9.17) is 0 Å². The van der Waals surface area contributed by atoms with Gasteiger partial charge in [0, 0.05) is 30.9 Å². The molecule has 2 aromatic heterocycles. The van der Waals surface area contributed by atoms with Crippen molar-refractivity contribution in [2.45, 2.75) is 31.4 Å². The highest BCUT2D eigenvalue weighted by Gasteiger charge is 2.35. The van der Waals surface area contributed by atoms with Crippen LogP contribution in [0.3, 0.4) is 0 Å². The van der Waals surface area contributed by atoms with Crippen molar-refractivity contribution in [3.05, 3.63) is 42.1 Å². The summed E-state index contributed by atoms with van der Waals surface area (Å²) >= 11 is 0. The summed E-state index contributed by atoms with van der Waals surface area (Å²) in [5.41, 5.74) is -1.18. The monoisotopic (exact) mass is 457 g/mol. The number of alkyl halides is 5. The summed E-state index contributed by atoms with van der Waals surface area (Å²) in [7, 11) is 1.87. The SMILES string of the molecule is CN1CC(Nc2nnc(-c3ccc(OC(F)F)cc3C(F)(F)F)c3cccn23)C[C@@H](O)C1. The Bertz CT molecular complexity index is 1090. The predicted molar refractivity (Wildman–Crippen MR) is 106 cm³/mol. The van der Waals surface area contributed by atoms with Gasteiger partial charge >= 0.3 is 12.8 Å². The van der Waals surface area contributed by atoms with Gasteiger partial charge in [-0.25, -0.2) is 0 Å². The van der Waals surface area contributed by atoms with E-state index < -0.39 is 30.2 Å². The molecule has 1 aliphatic rings. The van der Waals surface area contributed by atoms with Crippen molar-refractivity contribution < 1.29 is 31.8 Å². The van der Waals surface area contributed by atoms with Gasteiger partial charge in [-0.05, 0) is 43.8 Å². The molecule has 3 aromatic rings. The quantitative estimate of drug-likeness (QED) is 0.572. The van der Waals surface area contributed by atoms with Gasteiger partial charge in [-0.15, -0.1) is 10.2 Å². The van der Waals surface area contributed by atoms with E-state index in [0.717, 1.165) is 12.1 Å². The average molecular weight is 457 g/mol. The molecule has 0 bridgehead atoms. The Hall–Kier alpha value is -2.99. The molecular formula is C20H20F5N5O2. The number of β-amino-alcohol motifs (C(OH)–C–C–N with tert-alkyl or cyclic N) is 1. The number of likely N-dealkylation sites (tertiary alicyclic amines) is 1. The Morgan fingerprint density at radius 3 is 2.66 bits per heavy atom. The summed E-state index contributed by atoms with van der Waals surface area (Å²) < 4.78 is 71.7. The normalized spacial score (nSPS) is 20.1. The molecule has 1 aliphatic heterocycles. The molecule has 32 heavy (non-hydrogen) atoms. The van der Waals surface area contributed by atoms with Crippen LogP contribution in [0.5, 0.6) is 5.75 Å². The summed E-state index contributed by atoms with van der Waals surface area (Å²) in [6, 6.07) is 5.68. The van der Waals surface area contributed by atoms with E-state index in [1.54, 1.807) is 22.7 Å². The third-order valence-electron chi connectivity index (χ3n) is 5.19. The third-order valence-corrected chi connectivity index (χ3v) is 5.19. The lowest BCUT2D eigenvalue weighted by molar-refractivity contribution is -0.137. The van der Waals surface area contributed by atoms with Crippen LogP contribution in [0.25, 0.3) is 16.8 Å². The number of benzene rings is 1. The van der Waals surface area contributed by atoms with E-state index in [9.17, 15) is 27.1 Å². The largest absolute Gasteiger partial charge is 0.435 e. The first-order chi connectivity index (χ1) is 15.1. The molecule has 4 rings (SSSR count). The maximum absolute atomic E-state index is 13.7. The molecule has 1 aromatic carbocycles. The highest BCUT2D eigenvalue weighted by molar-refractivity contribution is 5.80. The minimum Gasteiger partial charge on any atom is -0.435 e. The number of aliphatic hydroxyl groups excluding tert-OH is 1. The zero-order valence-electron chi connectivity index (χ0n) is 16.9. The van der Waals surface area contributed by atoms with Crippen LogP contribution >= 0.6 is 0 Å². The fraction of sp³-hybridized carbons (Fsp3) is 0.400. The van der Waals surface area contributed by atoms with E-state index in [0.29, 0.717) is 37.0 Å². The van der Waals surface area contributed by atoms with Gasteiger partial charge in [0.2, 0.25) is 5.95 Å². The van der Waals surface area contributed by atoms with Crippen LogP contribution in [-0.4, -0.2) is 63.5 Å². The number of piperidine rings is 1. The molecule has 3 heterocycles. The topological polar surface area (TPSA) is 74.9 Å². The maximum Gasteiger partial charge on any atom is 0.417 e. The molecule has 0 spiro atoms. The molecule has 0 radical (unpaired) electrons. The number of aliphatic hydroxyl groups is 1. The number of anilines is 1. The van der Waals surface area contributed by atoms with Crippen LogP contribution in [0.2, 0.25) is 0 Å². The molecule has 1 unspecified atom stereocenters. The zero-order valence-corrected chi connectivity index (χ0v) is 16.9. The van der Waals surface area contributed by atoms with Crippen molar-refractivity contribution in [3.63, 3.8) is 0 Å². The van der Waals surface area contributed by atoms with Gasteiger partial charge in [0.15, 0.2) is 0 Å². The molecule has 2 atom stereocenters. The number of rotatable bonds is 5. The molecule has 7 nitrogen and oxygen atoms in total. The van der Waals surface area contributed by atoms with Gasteiger partial charge in [-0.1, -0.05) is 0 Å². The highest BCUT2D eigenvalue weighted by atomic mass is 19.4. The van der Waals surface area contributed by atoms with Gasteiger partial charge in [0.1, 0.15) is 11.4 Å². The Labute approximate surface area is 179 Å². The van der Waals surface area contributed by atoms with Crippen molar-refractivity contribution >= 4 is 11.5 Å². The van der Waals surface area contributed by atoms with Crippen LogP contribution in [-0.2, 0) is 6.18 Å². The van der Waals surface area contributed by atoms with Gasteiger partial charge in [0.05, 0.1) is 17.2 Å². The van der Waals surface area contributed by atoms with Crippen molar-refractivity contribution in [1.82, 2.24) is 19.5 Å². The first-order valence-corrected chi connectivity index (χ1v) is 9.75. The molecule has 172 valence electrons. The van der Waals surface area contributed by atoms with Crippen molar-refractivity contribution in [2.24, 2.45) is 0 Å². The molecular weight excluding hydrogens is 437 g/mol. The number of hydrogen-bond acceptors (Lipinski definition) is 6. The first kappa shape index (κ1) is 22.2. The maximum atomic E-state index is 13.7. The molecule has 0 saturated carbocycles. The zero-order chi connectivity index (χ0) is 23.0. The molecule has 0 amide bonds. The molecule has 0 aliphatic carbocycles. The van der Waals surface area contributed by atoms with E-state index in [-0.39, 0.29) is 17.3 Å². The fourth-order valence-electron chi connectivity index (χ4n) is 3.96. The number of hydrogen-bond donors (Lipinski definition) is 2. The number of aromatic nitrogens is 3. The smallest absolute Gasteiger partial charge is 0.417 e. The highest BCUT2D eigenvalue weighted by Crippen LogP contribution is 2.40. The summed E-state index contributed by atoms with van der Waals surface area (Å²) in [6.07, 6.45) is -3.23. The summed E-state index contributed by atoms with van der Waals surface area (Å²) in [5, 5.41) is 21.3. The second kappa shape index (κ2) is 8.51. The summed E-state index contributed by atoms with van der Waals surface area (Å²) in [6.45, 7) is -2.05. The van der Waals surface area contributed by atoms with Gasteiger partial charge in [0.25, 0.3) is 0 Å². The summed E-state index contributed by atoms with van der Waals surface area (Å²) in [5.74, 6) is -0.291. The Morgan fingerprint density at radius 1 is 1.19 bits per heavy atom. The Kier molecular flexibility index (Phi) is 5.91. The van der Waals surface area contributed by atoms with E-state index in [1.165, 1.54) is 0 Å². The van der Waals surface area contributed by atoms with E-state index in [2.05, 4.69) is 20.3 Å². The lowest BCUT2D eigenvalue weighted by Gasteiger charge is -2.33. The lowest BCUT2D eigenvalue weighted by Crippen LogP contribution is -2.47. The number of halogens is 5. The number of fused-ring (bicyclic) bond motifs is 1. The number of likely N-dealkylation sites (N-methyl/N-ethyl adjacent to an activating group) is 1. The van der Waals surface area contributed by atoms with Gasteiger partial charge in [-0.2, -0.15) is 22.0 Å². The van der Waals surface area contributed by atoms with Gasteiger partial charge < -0.3 is 20.1 Å². The third kappa shape index (κ3) is 4.60. The number of nitrogens with zero attached hydrogens (tertiary/aromatic N) is 4. The predicted octanol–water partition coefficient (Wildman–Crippen LogP) is 3.49. The number of nitrogens with one attached hydrogen (secondary N) is 1. The van der Waals surface area contributed by atoms with E-state index >= 15 is 0 Å².